The lowest BCUT2D eigenvalue weighted by Gasteiger charge is -2.05. The Morgan fingerprint density at radius 3 is 2.80 bits per heavy atom. The third-order valence-electron chi connectivity index (χ3n) is 1.86. The van der Waals surface area contributed by atoms with Gasteiger partial charge in [0.2, 0.25) is 0 Å². The van der Waals surface area contributed by atoms with E-state index >= 15 is 0 Å². The number of ether oxygens (including phenoxy) is 1. The van der Waals surface area contributed by atoms with Crippen molar-refractivity contribution < 1.29 is 14.6 Å². The molecule has 4 nitrogen and oxygen atoms in total. The molecule has 0 radical (unpaired) electrons. The largest absolute Gasteiger partial charge is 0.465 e. The molecule has 1 rings (SSSR count). The van der Waals surface area contributed by atoms with E-state index in [1.807, 2.05) is 6.07 Å². The highest BCUT2D eigenvalue weighted by atomic mass is 35.5. The maximum absolute atomic E-state index is 11.2. The SMILES string of the molecule is COC(=O)c1cc(C#N)c(Cl)c(CO)c1. The van der Waals surface area contributed by atoms with Crippen LogP contribution >= 0.6 is 11.6 Å². The summed E-state index contributed by atoms with van der Waals surface area (Å²) in [6.45, 7) is -0.335. The Kier molecular flexibility index (Phi) is 3.67. The lowest BCUT2D eigenvalue weighted by Crippen LogP contribution is -2.03. The van der Waals surface area contributed by atoms with E-state index in [1.165, 1.54) is 19.2 Å². The molecule has 5 heteroatoms. The van der Waals surface area contributed by atoms with Gasteiger partial charge in [0.1, 0.15) is 6.07 Å². The quantitative estimate of drug-likeness (QED) is 0.775. The molecule has 0 amide bonds. The van der Waals surface area contributed by atoms with Gasteiger partial charge in [0, 0.05) is 0 Å². The minimum atomic E-state index is -0.571. The lowest BCUT2D eigenvalue weighted by atomic mass is 10.1. The molecule has 0 fully saturated rings. The summed E-state index contributed by atoms with van der Waals surface area (Å²) in [7, 11) is 1.24. The third-order valence-corrected chi connectivity index (χ3v) is 2.31. The summed E-state index contributed by atoms with van der Waals surface area (Å²) in [6, 6.07) is 4.56. The van der Waals surface area contributed by atoms with Crippen LogP contribution < -0.4 is 0 Å². The van der Waals surface area contributed by atoms with Gasteiger partial charge in [-0.2, -0.15) is 5.26 Å². The predicted octanol–water partition coefficient (Wildman–Crippen LogP) is 1.49. The Labute approximate surface area is 91.7 Å². The number of halogens is 1. The summed E-state index contributed by atoms with van der Waals surface area (Å²) in [5.41, 5.74) is 0.669. The second-order valence-electron chi connectivity index (χ2n) is 2.76. The molecule has 78 valence electrons. The van der Waals surface area contributed by atoms with Crippen molar-refractivity contribution in [1.82, 2.24) is 0 Å². The van der Waals surface area contributed by atoms with E-state index in [0.717, 1.165) is 0 Å². The van der Waals surface area contributed by atoms with E-state index in [9.17, 15) is 4.79 Å². The molecule has 0 heterocycles. The van der Waals surface area contributed by atoms with Crippen LogP contribution in [-0.2, 0) is 11.3 Å². The number of aliphatic hydroxyl groups excluding tert-OH is 1. The van der Waals surface area contributed by atoms with Crippen molar-refractivity contribution in [1.29, 1.82) is 5.26 Å². The molecule has 15 heavy (non-hydrogen) atoms. The summed E-state index contributed by atoms with van der Waals surface area (Å²) in [6.07, 6.45) is 0. The van der Waals surface area contributed by atoms with Gasteiger partial charge < -0.3 is 9.84 Å². The van der Waals surface area contributed by atoms with Crippen molar-refractivity contribution in [2.45, 2.75) is 6.61 Å². The van der Waals surface area contributed by atoms with Gasteiger partial charge in [-0.3, -0.25) is 0 Å². The molecule has 0 bridgehead atoms. The normalized spacial score (nSPS) is 9.47. The predicted molar refractivity (Wildman–Crippen MR) is 53.4 cm³/mol. The molecule has 1 N–H and O–H groups in total. The van der Waals surface area contributed by atoms with Crippen LogP contribution in [0, 0.1) is 11.3 Å². The van der Waals surface area contributed by atoms with Crippen LogP contribution in [0.5, 0.6) is 0 Å². The monoisotopic (exact) mass is 225 g/mol. The Bertz CT molecular complexity index is 437. The number of aliphatic hydroxyl groups is 1. The molecule has 0 unspecified atom stereocenters. The number of benzene rings is 1. The molecule has 0 aromatic heterocycles. The molecule has 0 aliphatic rings. The van der Waals surface area contributed by atoms with Gasteiger partial charge in [-0.25, -0.2) is 4.79 Å². The van der Waals surface area contributed by atoms with Crippen molar-refractivity contribution in [2.75, 3.05) is 7.11 Å². The second kappa shape index (κ2) is 4.78. The zero-order valence-electron chi connectivity index (χ0n) is 7.95. The number of carbonyl (C=O) groups is 1. The summed E-state index contributed by atoms with van der Waals surface area (Å²) in [4.78, 5) is 11.2. The summed E-state index contributed by atoms with van der Waals surface area (Å²) < 4.78 is 4.50. The molecular formula is C10H8ClNO3. The molecule has 0 saturated carbocycles. The Hall–Kier alpha value is -1.57. The second-order valence-corrected chi connectivity index (χ2v) is 3.14. The number of carbonyl (C=O) groups excluding carboxylic acids is 1. The molecule has 0 aliphatic heterocycles. The van der Waals surface area contributed by atoms with E-state index < -0.39 is 5.97 Å². The smallest absolute Gasteiger partial charge is 0.337 e. The van der Waals surface area contributed by atoms with Crippen molar-refractivity contribution >= 4 is 17.6 Å². The number of methoxy groups -OCH3 is 1. The van der Waals surface area contributed by atoms with Gasteiger partial charge in [-0.1, -0.05) is 11.6 Å². The van der Waals surface area contributed by atoms with E-state index in [-0.39, 0.29) is 22.8 Å². The highest BCUT2D eigenvalue weighted by Crippen LogP contribution is 2.23. The van der Waals surface area contributed by atoms with E-state index in [0.29, 0.717) is 5.56 Å². The lowest BCUT2D eigenvalue weighted by molar-refractivity contribution is 0.0600. The van der Waals surface area contributed by atoms with Crippen molar-refractivity contribution in [3.8, 4) is 6.07 Å². The van der Waals surface area contributed by atoms with E-state index in [1.54, 1.807) is 0 Å². The molecule has 0 saturated heterocycles. The van der Waals surface area contributed by atoms with Crippen LogP contribution in [0.1, 0.15) is 21.5 Å². The molecular weight excluding hydrogens is 218 g/mol. The van der Waals surface area contributed by atoms with Crippen LogP contribution in [0.2, 0.25) is 5.02 Å². The average Bonchev–Trinajstić information content (AvgIpc) is 2.28. The van der Waals surface area contributed by atoms with Crippen LogP contribution in [0.4, 0.5) is 0 Å². The van der Waals surface area contributed by atoms with Crippen LogP contribution in [0.25, 0.3) is 0 Å². The minimum Gasteiger partial charge on any atom is -0.465 e. The zero-order chi connectivity index (χ0) is 11.4. The minimum absolute atomic E-state index is 0.142. The molecule has 0 spiro atoms. The van der Waals surface area contributed by atoms with Gasteiger partial charge in [0.25, 0.3) is 0 Å². The first kappa shape index (κ1) is 11.5. The van der Waals surface area contributed by atoms with Crippen LogP contribution in [0.15, 0.2) is 12.1 Å². The first-order chi connectivity index (χ1) is 7.13. The van der Waals surface area contributed by atoms with Gasteiger partial charge in [0.15, 0.2) is 0 Å². The van der Waals surface area contributed by atoms with Crippen molar-refractivity contribution in [3.05, 3.63) is 33.8 Å². The van der Waals surface area contributed by atoms with E-state index in [2.05, 4.69) is 4.74 Å². The Morgan fingerprint density at radius 2 is 2.33 bits per heavy atom. The van der Waals surface area contributed by atoms with Crippen molar-refractivity contribution in [3.63, 3.8) is 0 Å². The highest BCUT2D eigenvalue weighted by Gasteiger charge is 2.13. The first-order valence-corrected chi connectivity index (χ1v) is 4.43. The van der Waals surface area contributed by atoms with Gasteiger partial charge >= 0.3 is 5.97 Å². The number of nitrogens with zero attached hydrogens (tertiary/aromatic N) is 1. The van der Waals surface area contributed by atoms with Gasteiger partial charge in [0.05, 0.1) is 29.9 Å². The average molecular weight is 226 g/mol. The summed E-state index contributed by atoms with van der Waals surface area (Å²) >= 11 is 5.79. The molecule has 1 aromatic rings. The molecule has 0 aliphatic carbocycles. The van der Waals surface area contributed by atoms with Gasteiger partial charge in [-0.05, 0) is 17.7 Å². The summed E-state index contributed by atoms with van der Waals surface area (Å²) in [5.74, 6) is -0.571. The fourth-order valence-corrected chi connectivity index (χ4v) is 1.33. The number of esters is 1. The van der Waals surface area contributed by atoms with Crippen LogP contribution in [-0.4, -0.2) is 18.2 Å². The first-order valence-electron chi connectivity index (χ1n) is 4.05. The highest BCUT2D eigenvalue weighted by molar-refractivity contribution is 6.32. The standard InChI is InChI=1S/C10H8ClNO3/c1-15-10(14)6-2-7(4-12)9(11)8(3-6)5-13/h2-3,13H,5H2,1H3. The maximum atomic E-state index is 11.2. The third kappa shape index (κ3) is 2.27. The van der Waals surface area contributed by atoms with Crippen LogP contribution in [0.3, 0.4) is 0 Å². The van der Waals surface area contributed by atoms with E-state index in [4.69, 9.17) is 22.0 Å². The number of hydrogen-bond acceptors (Lipinski definition) is 4. The Balaban J connectivity index is 3.34. The van der Waals surface area contributed by atoms with Gasteiger partial charge in [-0.15, -0.1) is 0 Å². The maximum Gasteiger partial charge on any atom is 0.337 e. The zero-order valence-corrected chi connectivity index (χ0v) is 8.71. The summed E-state index contributed by atoms with van der Waals surface area (Å²) in [5, 5.41) is 17.9. The van der Waals surface area contributed by atoms with Crippen molar-refractivity contribution in [2.24, 2.45) is 0 Å². The number of nitriles is 1. The number of hydrogen-bond donors (Lipinski definition) is 1. The fraction of sp³-hybridized carbons (Fsp3) is 0.200. The topological polar surface area (TPSA) is 70.3 Å². The molecule has 0 atom stereocenters. The number of rotatable bonds is 2. The Morgan fingerprint density at radius 1 is 1.67 bits per heavy atom. The fourth-order valence-electron chi connectivity index (χ4n) is 1.12. The molecule has 1 aromatic carbocycles.